The second-order valence-corrected chi connectivity index (χ2v) is 10.8. The lowest BCUT2D eigenvalue weighted by molar-refractivity contribution is 0.564. The molecule has 0 saturated carbocycles. The molecule has 0 aliphatic heterocycles. The van der Waals surface area contributed by atoms with Gasteiger partial charge in [0, 0.05) is 45.0 Å². The number of carbonyl (C=O) groups excluding carboxylic acids is 2. The summed E-state index contributed by atoms with van der Waals surface area (Å²) in [6.45, 7) is 0. The molecule has 0 fully saturated rings. The quantitative estimate of drug-likeness (QED) is 0.104. The maximum absolute atomic E-state index is 11.0. The fourth-order valence-electron chi connectivity index (χ4n) is 4.86. The van der Waals surface area contributed by atoms with Gasteiger partial charge in [0.1, 0.15) is 0 Å². The van der Waals surface area contributed by atoms with Crippen LogP contribution in [0.2, 0.25) is 0 Å². The van der Waals surface area contributed by atoms with Crippen molar-refractivity contribution in [2.24, 2.45) is 9.98 Å². The van der Waals surface area contributed by atoms with Crippen molar-refractivity contribution in [3.8, 4) is 22.3 Å². The van der Waals surface area contributed by atoms with Crippen LogP contribution in [0.5, 0.6) is 0 Å². The van der Waals surface area contributed by atoms with Gasteiger partial charge in [-0.25, -0.2) is 13.2 Å². The van der Waals surface area contributed by atoms with Gasteiger partial charge in [-0.05, 0) is 69.1 Å². The number of nitrogens with zero attached hydrogens (tertiary/aromatic N) is 2. The first-order valence-corrected chi connectivity index (χ1v) is 14.1. The van der Waals surface area contributed by atoms with Crippen LogP contribution in [0.25, 0.3) is 43.8 Å². The molecule has 0 aliphatic carbocycles. The SMILES string of the molecule is O=C=Nc1ccc(SOSc2ccc(N=C=O)cc2-c2cccc3ccccc23)c(-c2cccc3ccccc23)c1. The molecule has 6 rings (SSSR count). The summed E-state index contributed by atoms with van der Waals surface area (Å²) < 4.78 is 6.17. The highest BCUT2D eigenvalue weighted by Crippen LogP contribution is 2.43. The lowest BCUT2D eigenvalue weighted by Gasteiger charge is -2.14. The van der Waals surface area contributed by atoms with Gasteiger partial charge >= 0.3 is 0 Å². The molecule has 196 valence electrons. The smallest absolute Gasteiger partial charge is 0.237 e. The van der Waals surface area contributed by atoms with Crippen LogP contribution >= 0.6 is 24.1 Å². The third-order valence-corrected chi connectivity index (χ3v) is 8.30. The summed E-state index contributed by atoms with van der Waals surface area (Å²) >= 11 is 2.46. The summed E-state index contributed by atoms with van der Waals surface area (Å²) in [5.41, 5.74) is 4.85. The number of rotatable bonds is 8. The van der Waals surface area contributed by atoms with Crippen molar-refractivity contribution in [2.45, 2.75) is 9.79 Å². The number of aliphatic imine (C=N–C) groups is 2. The number of fused-ring (bicyclic) bond motifs is 2. The Labute approximate surface area is 245 Å². The van der Waals surface area contributed by atoms with Crippen LogP contribution in [-0.4, -0.2) is 12.2 Å². The van der Waals surface area contributed by atoms with Gasteiger partial charge in [-0.15, -0.1) is 0 Å². The minimum absolute atomic E-state index is 0.518. The predicted octanol–water partition coefficient (Wildman–Crippen LogP) is 9.99. The van der Waals surface area contributed by atoms with Crippen LogP contribution in [0.4, 0.5) is 11.4 Å². The van der Waals surface area contributed by atoms with Crippen molar-refractivity contribution in [3.05, 3.63) is 121 Å². The molecular formula is C34H20N2O3S2. The van der Waals surface area contributed by atoms with Gasteiger partial charge in [-0.3, -0.25) is 0 Å². The van der Waals surface area contributed by atoms with E-state index in [-0.39, 0.29) is 0 Å². The third kappa shape index (κ3) is 5.63. The predicted molar refractivity (Wildman–Crippen MR) is 167 cm³/mol. The van der Waals surface area contributed by atoms with Crippen LogP contribution in [0.3, 0.4) is 0 Å². The van der Waals surface area contributed by atoms with Gasteiger partial charge in [-0.1, -0.05) is 84.9 Å². The minimum atomic E-state index is 0.518. The molecule has 0 unspecified atom stereocenters. The van der Waals surface area contributed by atoms with Crippen LogP contribution in [0.1, 0.15) is 0 Å². The highest BCUT2D eigenvalue weighted by molar-refractivity contribution is 8.08. The minimum Gasteiger partial charge on any atom is -0.237 e. The summed E-state index contributed by atoms with van der Waals surface area (Å²) in [6.07, 6.45) is 3.27. The van der Waals surface area contributed by atoms with E-state index in [0.717, 1.165) is 53.6 Å². The van der Waals surface area contributed by atoms with E-state index in [1.807, 2.05) is 72.8 Å². The molecule has 0 radical (unpaired) electrons. The van der Waals surface area contributed by atoms with E-state index in [4.69, 9.17) is 3.63 Å². The molecule has 0 bridgehead atoms. The van der Waals surface area contributed by atoms with Crippen LogP contribution in [-0.2, 0) is 13.2 Å². The van der Waals surface area contributed by atoms with E-state index in [1.165, 1.54) is 24.1 Å². The van der Waals surface area contributed by atoms with Crippen molar-refractivity contribution in [1.29, 1.82) is 0 Å². The molecule has 7 heteroatoms. The molecular weight excluding hydrogens is 549 g/mol. The molecule has 0 aromatic heterocycles. The molecule has 5 nitrogen and oxygen atoms in total. The topological polar surface area (TPSA) is 68.1 Å². The average molecular weight is 569 g/mol. The molecule has 0 N–H and O–H groups in total. The zero-order chi connectivity index (χ0) is 28.0. The zero-order valence-corrected chi connectivity index (χ0v) is 23.1. The van der Waals surface area contributed by atoms with Crippen LogP contribution < -0.4 is 0 Å². The largest absolute Gasteiger partial charge is 0.240 e. The lowest BCUT2D eigenvalue weighted by Crippen LogP contribution is -1.87. The van der Waals surface area contributed by atoms with E-state index in [2.05, 4.69) is 46.4 Å². The third-order valence-electron chi connectivity index (χ3n) is 6.68. The highest BCUT2D eigenvalue weighted by atomic mass is 32.2. The first kappa shape index (κ1) is 26.5. The van der Waals surface area contributed by atoms with Crippen molar-refractivity contribution in [2.75, 3.05) is 0 Å². The molecule has 0 saturated heterocycles. The van der Waals surface area contributed by atoms with Crippen molar-refractivity contribution in [1.82, 2.24) is 0 Å². The van der Waals surface area contributed by atoms with Crippen molar-refractivity contribution >= 4 is 69.2 Å². The monoisotopic (exact) mass is 568 g/mol. The Morgan fingerprint density at radius 3 is 1.39 bits per heavy atom. The molecule has 0 heterocycles. The molecule has 0 spiro atoms. The molecule has 41 heavy (non-hydrogen) atoms. The Morgan fingerprint density at radius 2 is 0.927 bits per heavy atom. The Morgan fingerprint density at radius 1 is 0.488 bits per heavy atom. The van der Waals surface area contributed by atoms with E-state index in [0.29, 0.717) is 11.4 Å². The Kier molecular flexibility index (Phi) is 7.88. The Bertz CT molecular complexity index is 1860. The van der Waals surface area contributed by atoms with Gasteiger partial charge < -0.3 is 0 Å². The number of isocyanates is 2. The van der Waals surface area contributed by atoms with Gasteiger partial charge in [0.05, 0.1) is 11.4 Å². The van der Waals surface area contributed by atoms with Crippen LogP contribution in [0, 0.1) is 0 Å². The van der Waals surface area contributed by atoms with Crippen molar-refractivity contribution in [3.63, 3.8) is 0 Å². The lowest BCUT2D eigenvalue weighted by atomic mass is 9.98. The standard InChI is InChI=1S/C34H20N2O3S2/c37-21-35-25-15-17-33(31(19-25)29-13-5-9-23-7-1-3-11-27(23)29)40-39-41-34-18-16-26(36-22-38)20-32(34)30-14-6-10-24-8-2-4-12-28(24)30/h1-20H. The second kappa shape index (κ2) is 12.2. The summed E-state index contributed by atoms with van der Waals surface area (Å²) in [6, 6.07) is 39.6. The van der Waals surface area contributed by atoms with E-state index in [1.54, 1.807) is 24.3 Å². The molecule has 0 atom stereocenters. The summed E-state index contributed by atoms with van der Waals surface area (Å²) in [5, 5.41) is 4.39. The summed E-state index contributed by atoms with van der Waals surface area (Å²) in [7, 11) is 0. The van der Waals surface area contributed by atoms with Crippen molar-refractivity contribution < 1.29 is 13.2 Å². The molecule has 0 aliphatic rings. The number of hydrogen-bond donors (Lipinski definition) is 0. The van der Waals surface area contributed by atoms with Gasteiger partial charge in [0.25, 0.3) is 0 Å². The van der Waals surface area contributed by atoms with E-state index >= 15 is 0 Å². The highest BCUT2D eigenvalue weighted by Gasteiger charge is 2.15. The Balaban J connectivity index is 1.36. The van der Waals surface area contributed by atoms with Gasteiger partial charge in [-0.2, -0.15) is 9.98 Å². The van der Waals surface area contributed by atoms with Crippen LogP contribution in [0.15, 0.2) is 141 Å². The normalized spacial score (nSPS) is 10.7. The summed E-state index contributed by atoms with van der Waals surface area (Å²) in [5.74, 6) is 0. The first-order valence-electron chi connectivity index (χ1n) is 12.7. The van der Waals surface area contributed by atoms with E-state index in [9.17, 15) is 9.59 Å². The second-order valence-electron chi connectivity index (χ2n) is 9.06. The first-order chi connectivity index (χ1) is 20.2. The molecule has 6 aromatic rings. The number of hydrogen-bond acceptors (Lipinski definition) is 7. The fraction of sp³-hybridized carbons (Fsp3) is 0. The molecule has 0 amide bonds. The average Bonchev–Trinajstić information content (AvgIpc) is 3.02. The van der Waals surface area contributed by atoms with E-state index < -0.39 is 0 Å². The maximum atomic E-state index is 11.0. The summed E-state index contributed by atoms with van der Waals surface area (Å²) in [4.78, 5) is 31.4. The van der Waals surface area contributed by atoms with Gasteiger partial charge in [0.2, 0.25) is 12.2 Å². The van der Waals surface area contributed by atoms with Gasteiger partial charge in [0.15, 0.2) is 0 Å². The fourth-order valence-corrected chi connectivity index (χ4v) is 6.34. The maximum Gasteiger partial charge on any atom is 0.240 e. The zero-order valence-electron chi connectivity index (χ0n) is 21.5. The number of benzene rings is 6. The molecule has 6 aromatic carbocycles. The Hall–Kier alpha value is -4.74.